The number of nitrogens with two attached hydrogens (primary N) is 1. The van der Waals surface area contributed by atoms with Crippen LogP contribution in [0.2, 0.25) is 0 Å². The second kappa shape index (κ2) is 7.01. The van der Waals surface area contributed by atoms with Gasteiger partial charge in [0.05, 0.1) is 11.0 Å². The summed E-state index contributed by atoms with van der Waals surface area (Å²) < 4.78 is 39.6. The van der Waals surface area contributed by atoms with Gasteiger partial charge in [0.2, 0.25) is 5.82 Å². The molecule has 114 valence electrons. The molecule has 3 N–H and O–H groups in total. The lowest BCUT2D eigenvalue weighted by Crippen LogP contribution is -2.15. The third-order valence-electron chi connectivity index (χ3n) is 2.57. The van der Waals surface area contributed by atoms with E-state index in [9.17, 15) is 13.2 Å². The fourth-order valence-electron chi connectivity index (χ4n) is 1.82. The van der Waals surface area contributed by atoms with Crippen LogP contribution in [0.1, 0.15) is 12.2 Å². The molecule has 20 heavy (non-hydrogen) atoms. The number of nitrogens with zero attached hydrogens (tertiary/aromatic N) is 2. The van der Waals surface area contributed by atoms with Crippen LogP contribution in [0, 0.1) is 0 Å². The maximum atomic E-state index is 12.8. The van der Waals surface area contributed by atoms with Crippen molar-refractivity contribution in [2.45, 2.75) is 19.1 Å². The van der Waals surface area contributed by atoms with Gasteiger partial charge in [0.25, 0.3) is 0 Å². The van der Waals surface area contributed by atoms with Crippen LogP contribution in [-0.2, 0) is 12.7 Å². The zero-order valence-electron chi connectivity index (χ0n) is 10.2. The van der Waals surface area contributed by atoms with Crippen molar-refractivity contribution >= 4 is 41.5 Å². The summed E-state index contributed by atoms with van der Waals surface area (Å²) in [5.41, 5.74) is 6.46. The van der Waals surface area contributed by atoms with E-state index in [1.165, 1.54) is 18.2 Å². The number of hydrogen-bond acceptors (Lipinski definition) is 3. The standard InChI is InChI=1S/C11H12F3N3O.2ClH/c12-11(13,14)10-16-8-6-7(15)2-3-9(8)17(10)4-1-5-18;;/h2-3,6,18H,1,4-5,15H2;2*1H. The van der Waals surface area contributed by atoms with Crippen molar-refractivity contribution in [3.8, 4) is 0 Å². The Morgan fingerprint density at radius 3 is 2.45 bits per heavy atom. The van der Waals surface area contributed by atoms with Gasteiger partial charge in [-0.25, -0.2) is 4.98 Å². The van der Waals surface area contributed by atoms with Crippen molar-refractivity contribution in [2.24, 2.45) is 0 Å². The fourth-order valence-corrected chi connectivity index (χ4v) is 1.82. The van der Waals surface area contributed by atoms with E-state index in [1.54, 1.807) is 0 Å². The lowest BCUT2D eigenvalue weighted by Gasteiger charge is -2.10. The van der Waals surface area contributed by atoms with Crippen LogP contribution in [0.3, 0.4) is 0 Å². The number of benzene rings is 1. The fraction of sp³-hybridized carbons (Fsp3) is 0.364. The highest BCUT2D eigenvalue weighted by Crippen LogP contribution is 2.32. The average molecular weight is 332 g/mol. The van der Waals surface area contributed by atoms with Gasteiger partial charge < -0.3 is 15.4 Å². The number of hydrogen-bond donors (Lipinski definition) is 2. The molecule has 0 unspecified atom stereocenters. The van der Waals surface area contributed by atoms with Gasteiger partial charge in [-0.15, -0.1) is 24.8 Å². The van der Waals surface area contributed by atoms with Crippen LogP contribution in [0.15, 0.2) is 18.2 Å². The number of aryl methyl sites for hydroxylation is 1. The molecule has 2 rings (SSSR count). The van der Waals surface area contributed by atoms with E-state index in [4.69, 9.17) is 10.8 Å². The predicted octanol–water partition coefficient (Wildman–Crippen LogP) is 2.86. The van der Waals surface area contributed by atoms with Crippen LogP contribution < -0.4 is 5.73 Å². The third kappa shape index (κ3) is 3.68. The lowest BCUT2D eigenvalue weighted by molar-refractivity contribution is -0.147. The summed E-state index contributed by atoms with van der Waals surface area (Å²) in [6, 6.07) is 4.43. The second-order valence-electron chi connectivity index (χ2n) is 3.91. The molecule has 0 fully saturated rings. The number of alkyl halides is 3. The third-order valence-corrected chi connectivity index (χ3v) is 2.57. The first-order valence-corrected chi connectivity index (χ1v) is 5.37. The first-order chi connectivity index (χ1) is 8.43. The van der Waals surface area contributed by atoms with E-state index < -0.39 is 12.0 Å². The second-order valence-corrected chi connectivity index (χ2v) is 3.91. The molecule has 0 atom stereocenters. The van der Waals surface area contributed by atoms with Crippen molar-refractivity contribution < 1.29 is 18.3 Å². The molecule has 0 bridgehead atoms. The molecular formula is C11H14Cl2F3N3O. The Hall–Kier alpha value is -1.18. The van der Waals surface area contributed by atoms with Crippen LogP contribution in [0.25, 0.3) is 11.0 Å². The van der Waals surface area contributed by atoms with Crippen LogP contribution in [-0.4, -0.2) is 21.3 Å². The molecule has 1 heterocycles. The van der Waals surface area contributed by atoms with E-state index in [1.807, 2.05) is 0 Å². The summed E-state index contributed by atoms with van der Waals surface area (Å²) >= 11 is 0. The minimum atomic E-state index is -4.52. The highest BCUT2D eigenvalue weighted by molar-refractivity contribution is 5.85. The van der Waals surface area contributed by atoms with Gasteiger partial charge in [0.1, 0.15) is 0 Å². The topological polar surface area (TPSA) is 64.1 Å². The van der Waals surface area contributed by atoms with Gasteiger partial charge >= 0.3 is 6.18 Å². The molecule has 9 heteroatoms. The quantitative estimate of drug-likeness (QED) is 0.850. The van der Waals surface area contributed by atoms with Crippen LogP contribution in [0.4, 0.5) is 18.9 Å². The predicted molar refractivity (Wildman–Crippen MR) is 75.3 cm³/mol. The Kier molecular flexibility index (Phi) is 6.60. The first-order valence-electron chi connectivity index (χ1n) is 5.37. The van der Waals surface area contributed by atoms with Crippen molar-refractivity contribution in [1.82, 2.24) is 9.55 Å². The lowest BCUT2D eigenvalue weighted by atomic mass is 10.3. The Morgan fingerprint density at radius 1 is 1.25 bits per heavy atom. The van der Waals surface area contributed by atoms with Gasteiger partial charge in [-0.05, 0) is 24.6 Å². The number of aromatic nitrogens is 2. The minimum Gasteiger partial charge on any atom is -0.399 e. The Labute approximate surface area is 125 Å². The number of halogens is 5. The number of anilines is 1. The monoisotopic (exact) mass is 331 g/mol. The molecule has 0 spiro atoms. The summed E-state index contributed by atoms with van der Waals surface area (Å²) in [4.78, 5) is 3.57. The van der Waals surface area contributed by atoms with Gasteiger partial charge in [-0.1, -0.05) is 0 Å². The van der Waals surface area contributed by atoms with Crippen molar-refractivity contribution in [1.29, 1.82) is 0 Å². The number of aliphatic hydroxyl groups is 1. The SMILES string of the molecule is Cl.Cl.Nc1ccc2c(c1)nc(C(F)(F)F)n2CCCO. The number of fused-ring (bicyclic) bond motifs is 1. The molecule has 2 aromatic rings. The molecule has 0 radical (unpaired) electrons. The maximum absolute atomic E-state index is 12.8. The van der Waals surface area contributed by atoms with E-state index in [0.29, 0.717) is 11.2 Å². The maximum Gasteiger partial charge on any atom is 0.449 e. The van der Waals surface area contributed by atoms with Crippen LogP contribution >= 0.6 is 24.8 Å². The average Bonchev–Trinajstić information content (AvgIpc) is 2.63. The number of rotatable bonds is 3. The molecular weight excluding hydrogens is 318 g/mol. The smallest absolute Gasteiger partial charge is 0.399 e. The first kappa shape index (κ1) is 18.8. The number of imidazole rings is 1. The largest absolute Gasteiger partial charge is 0.449 e. The Bertz CT molecular complexity index is 572. The normalized spacial score (nSPS) is 11.0. The summed E-state index contributed by atoms with van der Waals surface area (Å²) in [7, 11) is 0. The van der Waals surface area contributed by atoms with Gasteiger partial charge in [-0.3, -0.25) is 0 Å². The van der Waals surface area contributed by atoms with E-state index >= 15 is 0 Å². The molecule has 1 aromatic carbocycles. The Balaban J connectivity index is 0.00000180. The summed E-state index contributed by atoms with van der Waals surface area (Å²) in [6.07, 6.45) is -4.29. The van der Waals surface area contributed by atoms with Gasteiger partial charge in [0.15, 0.2) is 0 Å². The number of aliphatic hydroxyl groups excluding tert-OH is 1. The van der Waals surface area contributed by atoms with Crippen molar-refractivity contribution in [2.75, 3.05) is 12.3 Å². The zero-order chi connectivity index (χ0) is 13.3. The van der Waals surface area contributed by atoms with E-state index in [0.717, 1.165) is 4.57 Å². The summed E-state index contributed by atoms with van der Waals surface area (Å²) in [5.74, 6) is -0.962. The van der Waals surface area contributed by atoms with Crippen molar-refractivity contribution in [3.05, 3.63) is 24.0 Å². The van der Waals surface area contributed by atoms with Gasteiger partial charge in [-0.2, -0.15) is 13.2 Å². The minimum absolute atomic E-state index is 0. The molecule has 0 saturated carbocycles. The molecule has 0 aliphatic heterocycles. The van der Waals surface area contributed by atoms with Crippen molar-refractivity contribution in [3.63, 3.8) is 0 Å². The molecule has 4 nitrogen and oxygen atoms in total. The zero-order valence-corrected chi connectivity index (χ0v) is 11.9. The van der Waals surface area contributed by atoms with Gasteiger partial charge in [0, 0.05) is 18.8 Å². The molecule has 0 aliphatic carbocycles. The van der Waals surface area contributed by atoms with E-state index in [2.05, 4.69) is 4.98 Å². The Morgan fingerprint density at radius 2 is 1.90 bits per heavy atom. The van der Waals surface area contributed by atoms with E-state index in [-0.39, 0.29) is 49.9 Å². The van der Waals surface area contributed by atoms with Crippen LogP contribution in [0.5, 0.6) is 0 Å². The highest BCUT2D eigenvalue weighted by atomic mass is 35.5. The summed E-state index contributed by atoms with van der Waals surface area (Å²) in [5, 5.41) is 8.74. The summed E-state index contributed by atoms with van der Waals surface area (Å²) in [6.45, 7) is -0.113. The number of nitrogen functional groups attached to an aromatic ring is 1. The molecule has 1 aromatic heterocycles. The molecule has 0 amide bonds. The highest BCUT2D eigenvalue weighted by Gasteiger charge is 2.37. The molecule has 0 aliphatic rings. The molecule has 0 saturated heterocycles.